The fraction of sp³-hybridized carbons (Fsp3) is 0.526. The number of allylic oxidation sites excluding steroid dienone is 1. The van der Waals surface area contributed by atoms with E-state index in [1.807, 2.05) is 0 Å². The van der Waals surface area contributed by atoms with Crippen LogP contribution in [0.3, 0.4) is 0 Å². The van der Waals surface area contributed by atoms with E-state index in [1.165, 1.54) is 35.0 Å². The van der Waals surface area contributed by atoms with Gasteiger partial charge in [0.05, 0.1) is 11.1 Å². The van der Waals surface area contributed by atoms with Crippen LogP contribution in [-0.2, 0) is 24.2 Å². The maximum atomic E-state index is 13.0. The lowest BCUT2D eigenvalue weighted by molar-refractivity contribution is -0.119. The summed E-state index contributed by atoms with van der Waals surface area (Å²) < 4.78 is 1.66. The Kier molecular flexibility index (Phi) is 4.92. The fourth-order valence-electron chi connectivity index (χ4n) is 3.60. The van der Waals surface area contributed by atoms with Gasteiger partial charge in [0, 0.05) is 17.5 Å². The van der Waals surface area contributed by atoms with Crippen LogP contribution in [0.1, 0.15) is 36.6 Å². The van der Waals surface area contributed by atoms with Gasteiger partial charge in [0.25, 0.3) is 5.56 Å². The summed E-state index contributed by atoms with van der Waals surface area (Å²) in [5.74, 6) is 0.908. The Hall–Kier alpha value is -1.60. The second-order valence-electron chi connectivity index (χ2n) is 7.12. The minimum atomic E-state index is 0.00238. The van der Waals surface area contributed by atoms with E-state index >= 15 is 0 Å². The van der Waals surface area contributed by atoms with Crippen molar-refractivity contribution in [3.05, 3.63) is 33.4 Å². The summed E-state index contributed by atoms with van der Waals surface area (Å²) in [4.78, 5) is 32.1. The van der Waals surface area contributed by atoms with Gasteiger partial charge in [-0.2, -0.15) is 0 Å². The first-order chi connectivity index (χ1) is 12.6. The number of nitrogens with zero attached hydrogens (tertiary/aromatic N) is 2. The summed E-state index contributed by atoms with van der Waals surface area (Å²) in [7, 11) is 0. The van der Waals surface area contributed by atoms with Crippen molar-refractivity contribution in [2.24, 2.45) is 5.92 Å². The average Bonchev–Trinajstić information content (AvgIpc) is 3.27. The smallest absolute Gasteiger partial charge is 0.263 e. The zero-order valence-electron chi connectivity index (χ0n) is 14.9. The largest absolute Gasteiger partial charge is 0.353 e. The molecule has 4 rings (SSSR count). The maximum absolute atomic E-state index is 13.0. The molecular weight excluding hydrogens is 366 g/mol. The first-order valence-corrected chi connectivity index (χ1v) is 11.0. The lowest BCUT2D eigenvalue weighted by Gasteiger charge is -2.13. The van der Waals surface area contributed by atoms with Crippen molar-refractivity contribution in [3.63, 3.8) is 0 Å². The van der Waals surface area contributed by atoms with Crippen molar-refractivity contribution in [1.29, 1.82) is 0 Å². The summed E-state index contributed by atoms with van der Waals surface area (Å²) in [5.41, 5.74) is 1.19. The second-order valence-corrected chi connectivity index (χ2v) is 9.14. The van der Waals surface area contributed by atoms with Gasteiger partial charge in [0.15, 0.2) is 5.16 Å². The Bertz CT molecular complexity index is 927. The molecule has 2 heterocycles. The first kappa shape index (κ1) is 17.8. The Balaban J connectivity index is 1.59. The molecule has 0 aromatic carbocycles. The van der Waals surface area contributed by atoms with Gasteiger partial charge in [-0.05, 0) is 50.5 Å². The minimum absolute atomic E-state index is 0.00238. The Morgan fingerprint density at radius 3 is 3.04 bits per heavy atom. The number of carbonyl (C=O) groups is 1. The number of nitrogens with one attached hydrogen (secondary N) is 1. The van der Waals surface area contributed by atoms with Crippen LogP contribution in [0.4, 0.5) is 0 Å². The molecule has 0 saturated heterocycles. The van der Waals surface area contributed by atoms with Crippen molar-refractivity contribution >= 4 is 39.2 Å². The zero-order valence-corrected chi connectivity index (χ0v) is 16.5. The highest BCUT2D eigenvalue weighted by molar-refractivity contribution is 7.99. The van der Waals surface area contributed by atoms with E-state index in [2.05, 4.69) is 18.8 Å². The number of hydrogen-bond acceptors (Lipinski definition) is 5. The van der Waals surface area contributed by atoms with Crippen LogP contribution in [0.2, 0.25) is 0 Å². The molecule has 0 aliphatic heterocycles. The normalized spacial score (nSPS) is 17.3. The topological polar surface area (TPSA) is 64.0 Å². The lowest BCUT2D eigenvalue weighted by Crippen LogP contribution is -2.35. The molecule has 1 amide bonds. The van der Waals surface area contributed by atoms with Gasteiger partial charge < -0.3 is 5.32 Å². The standard InChI is InChI=1S/C19H23N3O2S2/c1-3-9-22-18(24)16-13-5-4-6-14(13)26-17(16)21-19(22)25-10-15(23)20-11(2)12-7-8-12/h3,11-12H,1,4-10H2,2H3,(H,20,23)/t11-/m1/s1. The van der Waals surface area contributed by atoms with Crippen molar-refractivity contribution in [3.8, 4) is 0 Å². The number of thioether (sulfide) groups is 1. The number of carbonyl (C=O) groups excluding carboxylic acids is 1. The number of fused-ring (bicyclic) bond motifs is 3. The van der Waals surface area contributed by atoms with Crippen LogP contribution < -0.4 is 10.9 Å². The molecular formula is C19H23N3O2S2. The number of hydrogen-bond donors (Lipinski definition) is 1. The zero-order chi connectivity index (χ0) is 18.3. The number of amides is 1. The molecule has 1 fully saturated rings. The van der Waals surface area contributed by atoms with Crippen LogP contribution in [-0.4, -0.2) is 27.3 Å². The molecule has 2 aliphatic rings. The van der Waals surface area contributed by atoms with E-state index < -0.39 is 0 Å². The molecule has 1 saturated carbocycles. The third-order valence-electron chi connectivity index (χ3n) is 5.15. The van der Waals surface area contributed by atoms with Gasteiger partial charge in [0.2, 0.25) is 5.91 Å². The van der Waals surface area contributed by atoms with E-state index in [0.29, 0.717) is 17.6 Å². The summed E-state index contributed by atoms with van der Waals surface area (Å²) in [6.07, 6.45) is 7.24. The first-order valence-electron chi connectivity index (χ1n) is 9.16. The van der Waals surface area contributed by atoms with Gasteiger partial charge >= 0.3 is 0 Å². The number of aryl methyl sites for hydroxylation is 2. The highest BCUT2D eigenvalue weighted by Gasteiger charge is 2.29. The van der Waals surface area contributed by atoms with Gasteiger partial charge in [-0.25, -0.2) is 4.98 Å². The molecule has 7 heteroatoms. The predicted molar refractivity (Wildman–Crippen MR) is 107 cm³/mol. The number of aromatic nitrogens is 2. The van der Waals surface area contributed by atoms with Crippen molar-refractivity contribution in [2.45, 2.75) is 56.8 Å². The summed E-state index contributed by atoms with van der Waals surface area (Å²) in [5, 5.41) is 4.44. The van der Waals surface area contributed by atoms with Crippen LogP contribution in [0.25, 0.3) is 10.2 Å². The fourth-order valence-corrected chi connectivity index (χ4v) is 5.72. The molecule has 5 nitrogen and oxygen atoms in total. The SMILES string of the molecule is C=CCn1c(SCC(=O)N[C@H](C)C2CC2)nc2sc3c(c2c1=O)CCC3. The predicted octanol–water partition coefficient (Wildman–Crippen LogP) is 3.14. The van der Waals surface area contributed by atoms with Gasteiger partial charge in [-0.1, -0.05) is 17.8 Å². The van der Waals surface area contributed by atoms with Crippen molar-refractivity contribution in [2.75, 3.05) is 5.75 Å². The maximum Gasteiger partial charge on any atom is 0.263 e. The molecule has 0 bridgehead atoms. The molecule has 138 valence electrons. The molecule has 2 aromatic rings. The molecule has 1 atom stereocenters. The molecule has 0 unspecified atom stereocenters. The van der Waals surface area contributed by atoms with Crippen LogP contribution in [0.5, 0.6) is 0 Å². The van der Waals surface area contributed by atoms with Gasteiger partial charge in [-0.15, -0.1) is 17.9 Å². The highest BCUT2D eigenvalue weighted by atomic mass is 32.2. The van der Waals surface area contributed by atoms with E-state index in [0.717, 1.165) is 29.5 Å². The number of rotatable bonds is 7. The monoisotopic (exact) mass is 389 g/mol. The molecule has 0 spiro atoms. The van der Waals surface area contributed by atoms with E-state index in [1.54, 1.807) is 22.0 Å². The van der Waals surface area contributed by atoms with Crippen LogP contribution >= 0.6 is 23.1 Å². The summed E-state index contributed by atoms with van der Waals surface area (Å²) in [6.45, 7) is 6.24. The quantitative estimate of drug-likeness (QED) is 0.449. The van der Waals surface area contributed by atoms with Crippen molar-refractivity contribution < 1.29 is 4.79 Å². The van der Waals surface area contributed by atoms with Crippen LogP contribution in [0, 0.1) is 5.92 Å². The third-order valence-corrected chi connectivity index (χ3v) is 7.31. The highest BCUT2D eigenvalue weighted by Crippen LogP contribution is 2.35. The Labute approximate surface area is 160 Å². The second kappa shape index (κ2) is 7.19. The van der Waals surface area contributed by atoms with Crippen molar-refractivity contribution in [1.82, 2.24) is 14.9 Å². The van der Waals surface area contributed by atoms with Gasteiger partial charge in [0.1, 0.15) is 4.83 Å². The average molecular weight is 390 g/mol. The molecule has 0 radical (unpaired) electrons. The molecule has 26 heavy (non-hydrogen) atoms. The van der Waals surface area contributed by atoms with E-state index in [-0.39, 0.29) is 23.3 Å². The third kappa shape index (κ3) is 3.34. The Morgan fingerprint density at radius 1 is 1.50 bits per heavy atom. The molecule has 2 aromatic heterocycles. The summed E-state index contributed by atoms with van der Waals surface area (Å²) >= 11 is 2.97. The molecule has 2 aliphatic carbocycles. The molecule has 1 N–H and O–H groups in total. The Morgan fingerprint density at radius 2 is 2.31 bits per heavy atom. The van der Waals surface area contributed by atoms with Gasteiger partial charge in [-0.3, -0.25) is 14.2 Å². The minimum Gasteiger partial charge on any atom is -0.353 e. The summed E-state index contributed by atoms with van der Waals surface area (Å²) in [6, 6.07) is 0.231. The lowest BCUT2D eigenvalue weighted by atomic mass is 10.2. The van der Waals surface area contributed by atoms with E-state index in [4.69, 9.17) is 4.98 Å². The van der Waals surface area contributed by atoms with E-state index in [9.17, 15) is 9.59 Å². The number of thiophene rings is 1. The van der Waals surface area contributed by atoms with Crippen LogP contribution in [0.15, 0.2) is 22.6 Å².